The number of fused-ring (bicyclic) bond motifs is 3. The molecule has 1 aliphatic heterocycles. The Morgan fingerprint density at radius 1 is 1.08 bits per heavy atom. The van der Waals surface area contributed by atoms with Crippen molar-refractivity contribution in [3.8, 4) is 0 Å². The van der Waals surface area contributed by atoms with Crippen LogP contribution in [-0.2, 0) is 7.05 Å². The molecule has 0 atom stereocenters. The van der Waals surface area contributed by atoms with E-state index < -0.39 is 0 Å². The Hall–Kier alpha value is -2.49. The van der Waals surface area contributed by atoms with Crippen molar-refractivity contribution in [3.05, 3.63) is 58.3 Å². The van der Waals surface area contributed by atoms with Crippen LogP contribution in [0.3, 0.4) is 0 Å². The Morgan fingerprint density at radius 2 is 1.83 bits per heavy atom. The van der Waals surface area contributed by atoms with Gasteiger partial charge in [0.25, 0.3) is 5.82 Å². The number of rotatable bonds is 1. The molecule has 120 valence electrons. The summed E-state index contributed by atoms with van der Waals surface area (Å²) >= 11 is 0. The van der Waals surface area contributed by atoms with Crippen LogP contribution in [0.15, 0.2) is 40.9 Å². The molecule has 0 aliphatic carbocycles. The van der Waals surface area contributed by atoms with Crippen molar-refractivity contribution in [2.75, 3.05) is 4.81 Å². The molecule has 0 unspecified atom stereocenters. The number of para-hydroxylation sites is 1. The van der Waals surface area contributed by atoms with Crippen molar-refractivity contribution >= 4 is 35.3 Å². The van der Waals surface area contributed by atoms with E-state index in [2.05, 4.69) is 74.4 Å². The smallest absolute Gasteiger partial charge is 0.405 e. The second kappa shape index (κ2) is 5.27. The molecular weight excluding hydrogens is 295 g/mol. The number of hydrogen-bond donors (Lipinski definition) is 0. The first-order valence-corrected chi connectivity index (χ1v) is 8.44. The minimum atomic E-state index is 0.242. The first-order chi connectivity index (χ1) is 11.5. The number of benzene rings is 1. The van der Waals surface area contributed by atoms with Crippen LogP contribution in [0.4, 0.5) is 5.82 Å². The van der Waals surface area contributed by atoms with E-state index in [1.54, 1.807) is 0 Å². The first kappa shape index (κ1) is 15.1. The molecule has 0 radical (unpaired) electrons. The van der Waals surface area contributed by atoms with Crippen LogP contribution < -0.4 is 20.0 Å². The molecule has 4 heteroatoms. The predicted molar refractivity (Wildman–Crippen MR) is 100 cm³/mol. The van der Waals surface area contributed by atoms with Crippen molar-refractivity contribution in [3.63, 3.8) is 0 Å². The van der Waals surface area contributed by atoms with Gasteiger partial charge in [0.1, 0.15) is 11.0 Å². The Kier molecular flexibility index (Phi) is 3.31. The van der Waals surface area contributed by atoms with Gasteiger partial charge in [-0.15, -0.1) is 0 Å². The second-order valence-electron chi connectivity index (χ2n) is 6.81. The highest BCUT2D eigenvalue weighted by Gasteiger charge is 2.33. The number of pyridine rings is 1. The molecule has 3 aromatic rings. The second-order valence-corrected chi connectivity index (χ2v) is 6.81. The summed E-state index contributed by atoms with van der Waals surface area (Å²) in [5.74, 6) is 3.42. The number of aryl methyl sites for hydroxylation is 3. The minimum Gasteiger partial charge on any atom is -0.457 e. The van der Waals surface area contributed by atoms with E-state index in [1.165, 1.54) is 33.2 Å². The fraction of sp³-hybridized carbons (Fsp3) is 0.250. The molecule has 2 aromatic heterocycles. The molecule has 0 saturated carbocycles. The van der Waals surface area contributed by atoms with Gasteiger partial charge in [0, 0.05) is 11.5 Å². The largest absolute Gasteiger partial charge is 0.457 e. The lowest BCUT2D eigenvalue weighted by Gasteiger charge is -2.24. The van der Waals surface area contributed by atoms with Crippen LogP contribution in [-0.4, -0.2) is 6.85 Å². The number of hydrogen-bond acceptors (Lipinski definition) is 2. The maximum atomic E-state index is 6.08. The Bertz CT molecular complexity index is 1080. The minimum absolute atomic E-state index is 0.242. The normalized spacial score (nSPS) is 14.1. The van der Waals surface area contributed by atoms with Gasteiger partial charge in [-0.1, -0.05) is 18.2 Å². The molecule has 0 N–H and O–H groups in total. The fourth-order valence-corrected chi connectivity index (χ4v) is 3.76. The summed E-state index contributed by atoms with van der Waals surface area (Å²) in [6.07, 6.45) is 2.20. The Labute approximate surface area is 142 Å². The average Bonchev–Trinajstić information content (AvgIpc) is 2.90. The summed E-state index contributed by atoms with van der Waals surface area (Å²) in [7, 11) is 2.12. The van der Waals surface area contributed by atoms with Gasteiger partial charge < -0.3 is 4.42 Å². The van der Waals surface area contributed by atoms with Crippen LogP contribution >= 0.6 is 0 Å². The van der Waals surface area contributed by atoms with Crippen LogP contribution in [0, 0.1) is 13.8 Å². The molecule has 0 fully saturated rings. The zero-order chi connectivity index (χ0) is 17.0. The van der Waals surface area contributed by atoms with Gasteiger partial charge in [0.15, 0.2) is 0 Å². The molecule has 3 nitrogen and oxygen atoms in total. The van der Waals surface area contributed by atoms with Gasteiger partial charge in [-0.25, -0.2) is 4.57 Å². The van der Waals surface area contributed by atoms with E-state index in [4.69, 9.17) is 4.42 Å². The summed E-state index contributed by atoms with van der Waals surface area (Å²) in [5.41, 5.74) is 5.80. The number of aromatic nitrogens is 1. The van der Waals surface area contributed by atoms with Crippen molar-refractivity contribution < 1.29 is 8.98 Å². The molecule has 24 heavy (non-hydrogen) atoms. The van der Waals surface area contributed by atoms with Crippen LogP contribution in [0.2, 0.25) is 6.82 Å². The first-order valence-electron chi connectivity index (χ1n) is 8.44. The maximum absolute atomic E-state index is 6.08. The predicted octanol–water partition coefficient (Wildman–Crippen LogP) is 2.46. The van der Waals surface area contributed by atoms with Gasteiger partial charge in [-0.3, -0.25) is 4.81 Å². The van der Waals surface area contributed by atoms with Gasteiger partial charge in [-0.05, 0) is 50.8 Å². The zero-order valence-electron chi connectivity index (χ0n) is 14.9. The van der Waals surface area contributed by atoms with E-state index in [0.717, 1.165) is 11.0 Å². The number of furan rings is 1. The third-order valence-corrected chi connectivity index (χ3v) is 5.11. The fourth-order valence-electron chi connectivity index (χ4n) is 3.76. The quantitative estimate of drug-likeness (QED) is 0.508. The lowest BCUT2D eigenvalue weighted by atomic mass is 9.61. The lowest BCUT2D eigenvalue weighted by molar-refractivity contribution is -0.658. The number of anilines is 1. The monoisotopic (exact) mass is 317 g/mol. The van der Waals surface area contributed by atoms with E-state index in [-0.39, 0.29) is 6.85 Å². The highest BCUT2D eigenvalue weighted by atomic mass is 16.3. The molecule has 1 aliphatic rings. The van der Waals surface area contributed by atoms with Crippen LogP contribution in [0.25, 0.3) is 22.6 Å². The number of nitrogens with zero attached hydrogens (tertiary/aromatic N) is 2. The summed E-state index contributed by atoms with van der Waals surface area (Å²) in [6, 6.07) is 10.6. The molecular formula is C20H22BN2O+. The molecule has 0 saturated heterocycles. The van der Waals surface area contributed by atoms with Crippen molar-refractivity contribution in [2.45, 2.75) is 27.6 Å². The van der Waals surface area contributed by atoms with Gasteiger partial charge >= 0.3 is 6.85 Å². The molecule has 0 amide bonds. The van der Waals surface area contributed by atoms with Gasteiger partial charge in [0.05, 0.1) is 24.2 Å². The van der Waals surface area contributed by atoms with E-state index in [1.807, 2.05) is 12.1 Å². The topological polar surface area (TPSA) is 20.3 Å². The summed E-state index contributed by atoms with van der Waals surface area (Å²) in [5, 5.41) is 2.39. The van der Waals surface area contributed by atoms with E-state index >= 15 is 0 Å². The Morgan fingerprint density at radius 3 is 2.62 bits per heavy atom. The third-order valence-electron chi connectivity index (χ3n) is 5.11. The summed E-state index contributed by atoms with van der Waals surface area (Å²) in [4.78, 5) is 2.40. The summed E-state index contributed by atoms with van der Waals surface area (Å²) < 4.78 is 8.29. The Balaban J connectivity index is 2.04. The molecule has 3 heterocycles. The molecule has 1 aromatic carbocycles. The van der Waals surface area contributed by atoms with E-state index in [9.17, 15) is 0 Å². The third kappa shape index (κ3) is 2.09. The van der Waals surface area contributed by atoms with Crippen LogP contribution in [0.1, 0.15) is 18.1 Å². The molecule has 4 rings (SSSR count). The standard InChI is InChI=1S/C20H22BN2O/c1-13-10-19(22(5)12-14(13)2)23-15(3)20-16-8-6-7-9-17(16)24-18(20)11-21(23)4/h6-12H,1-5H3/q+1. The zero-order valence-corrected chi connectivity index (χ0v) is 14.9. The molecule has 0 bridgehead atoms. The van der Waals surface area contributed by atoms with Crippen molar-refractivity contribution in [2.24, 2.45) is 7.05 Å². The van der Waals surface area contributed by atoms with Crippen molar-refractivity contribution in [1.29, 1.82) is 0 Å². The SMILES string of the molecule is CB1C=c2oc3ccccc3c2=C(C)N1c1cc(C)c(C)c[n+]1C. The summed E-state index contributed by atoms with van der Waals surface area (Å²) in [6.45, 7) is 8.98. The van der Waals surface area contributed by atoms with Gasteiger partial charge in [0.2, 0.25) is 0 Å². The van der Waals surface area contributed by atoms with Crippen LogP contribution in [0.5, 0.6) is 0 Å². The van der Waals surface area contributed by atoms with E-state index in [0.29, 0.717) is 0 Å². The highest BCUT2D eigenvalue weighted by Crippen LogP contribution is 2.22. The lowest BCUT2D eigenvalue weighted by Crippen LogP contribution is -2.50. The molecule has 0 spiro atoms. The van der Waals surface area contributed by atoms with Crippen molar-refractivity contribution in [1.82, 2.24) is 0 Å². The average molecular weight is 317 g/mol. The van der Waals surface area contributed by atoms with Gasteiger partial charge in [-0.2, -0.15) is 0 Å². The highest BCUT2D eigenvalue weighted by molar-refractivity contribution is 6.77. The maximum Gasteiger partial charge on any atom is 0.405 e.